The van der Waals surface area contributed by atoms with Gasteiger partial charge in [0.1, 0.15) is 5.82 Å². The molecular formula is C21H29FN2O4. The van der Waals surface area contributed by atoms with Gasteiger partial charge < -0.3 is 14.5 Å². The second kappa shape index (κ2) is 9.66. The van der Waals surface area contributed by atoms with Crippen molar-refractivity contribution in [2.24, 2.45) is 5.92 Å². The van der Waals surface area contributed by atoms with Gasteiger partial charge in [0.25, 0.3) is 11.8 Å². The van der Waals surface area contributed by atoms with Crippen molar-refractivity contribution >= 4 is 17.8 Å². The highest BCUT2D eigenvalue weighted by Crippen LogP contribution is 2.20. The minimum Gasteiger partial charge on any atom is -0.455 e. The summed E-state index contributed by atoms with van der Waals surface area (Å²) in [6, 6.07) is 5.39. The fourth-order valence-electron chi connectivity index (χ4n) is 3.63. The van der Waals surface area contributed by atoms with Crippen molar-refractivity contribution in [3.8, 4) is 0 Å². The highest BCUT2D eigenvalue weighted by Gasteiger charge is 2.31. The molecule has 1 aromatic carbocycles. The van der Waals surface area contributed by atoms with E-state index in [9.17, 15) is 18.8 Å². The molecule has 2 rings (SSSR count). The Hall–Kier alpha value is -2.44. The van der Waals surface area contributed by atoms with Crippen molar-refractivity contribution in [1.82, 2.24) is 9.80 Å². The highest BCUT2D eigenvalue weighted by atomic mass is 19.1. The van der Waals surface area contributed by atoms with Crippen molar-refractivity contribution in [2.45, 2.75) is 52.6 Å². The molecule has 1 atom stereocenters. The molecule has 28 heavy (non-hydrogen) atoms. The summed E-state index contributed by atoms with van der Waals surface area (Å²) in [5.74, 6) is -1.79. The predicted molar refractivity (Wildman–Crippen MR) is 103 cm³/mol. The second-order valence-electron chi connectivity index (χ2n) is 7.69. The number of nitrogens with zero attached hydrogens (tertiary/aromatic N) is 2. The molecule has 154 valence electrons. The van der Waals surface area contributed by atoms with Gasteiger partial charge in [0.05, 0.1) is 5.92 Å². The van der Waals surface area contributed by atoms with Crippen LogP contribution in [0, 0.1) is 11.7 Å². The molecule has 1 unspecified atom stereocenters. The third-order valence-corrected chi connectivity index (χ3v) is 4.87. The van der Waals surface area contributed by atoms with Crippen molar-refractivity contribution in [1.29, 1.82) is 0 Å². The van der Waals surface area contributed by atoms with Gasteiger partial charge in [-0.15, -0.1) is 0 Å². The Balaban J connectivity index is 1.92. The Kier molecular flexibility index (Phi) is 7.54. The quantitative estimate of drug-likeness (QED) is 0.698. The van der Waals surface area contributed by atoms with Crippen LogP contribution in [0.1, 0.15) is 50.9 Å². The summed E-state index contributed by atoms with van der Waals surface area (Å²) in [5, 5.41) is 0. The van der Waals surface area contributed by atoms with E-state index in [0.717, 1.165) is 0 Å². The van der Waals surface area contributed by atoms with Gasteiger partial charge in [-0.1, -0.05) is 0 Å². The maximum atomic E-state index is 13.0. The number of hydrogen-bond acceptors (Lipinski definition) is 4. The van der Waals surface area contributed by atoms with Crippen molar-refractivity contribution < 1.29 is 23.5 Å². The average molecular weight is 392 g/mol. The van der Waals surface area contributed by atoms with Crippen LogP contribution >= 0.6 is 0 Å². The van der Waals surface area contributed by atoms with Crippen LogP contribution in [0.3, 0.4) is 0 Å². The van der Waals surface area contributed by atoms with Gasteiger partial charge in [0.2, 0.25) is 0 Å². The van der Waals surface area contributed by atoms with Crippen molar-refractivity contribution in [3.05, 3.63) is 35.6 Å². The molecule has 1 saturated heterocycles. The summed E-state index contributed by atoms with van der Waals surface area (Å²) in [6.45, 7) is 8.14. The number of ether oxygens (including phenoxy) is 1. The number of likely N-dealkylation sites (tertiary alicyclic amines) is 1. The third-order valence-electron chi connectivity index (χ3n) is 4.87. The molecule has 1 aliphatic rings. The van der Waals surface area contributed by atoms with E-state index in [-0.39, 0.29) is 37.0 Å². The first-order valence-electron chi connectivity index (χ1n) is 9.73. The second-order valence-corrected chi connectivity index (χ2v) is 7.69. The van der Waals surface area contributed by atoms with Crippen LogP contribution in [-0.4, -0.2) is 59.4 Å². The SMILES string of the molecule is CC(C)N(C(=O)COC(=O)C1CCCN(C(=O)c2ccc(F)cc2)C1)C(C)C. The summed E-state index contributed by atoms with van der Waals surface area (Å²) in [7, 11) is 0. The van der Waals surface area contributed by atoms with Crippen LogP contribution in [0.15, 0.2) is 24.3 Å². The number of amides is 2. The molecule has 0 spiro atoms. The van der Waals surface area contributed by atoms with E-state index in [4.69, 9.17) is 4.74 Å². The molecule has 1 aromatic rings. The lowest BCUT2D eigenvalue weighted by Crippen LogP contribution is -2.45. The van der Waals surface area contributed by atoms with Crippen LogP contribution in [0.25, 0.3) is 0 Å². The van der Waals surface area contributed by atoms with E-state index in [0.29, 0.717) is 24.9 Å². The highest BCUT2D eigenvalue weighted by molar-refractivity contribution is 5.94. The molecule has 0 aromatic heterocycles. The summed E-state index contributed by atoms with van der Waals surface area (Å²) in [6.07, 6.45) is 1.28. The molecule has 0 N–H and O–H groups in total. The first-order valence-corrected chi connectivity index (χ1v) is 9.73. The Morgan fingerprint density at radius 2 is 1.75 bits per heavy atom. The van der Waals surface area contributed by atoms with Crippen LogP contribution in [0.2, 0.25) is 0 Å². The number of esters is 1. The molecule has 0 bridgehead atoms. The summed E-state index contributed by atoms with van der Waals surface area (Å²) in [5.41, 5.74) is 0.384. The van der Waals surface area contributed by atoms with E-state index in [1.165, 1.54) is 24.3 Å². The smallest absolute Gasteiger partial charge is 0.311 e. The number of carbonyl (C=O) groups excluding carboxylic acids is 3. The van der Waals surface area contributed by atoms with Gasteiger partial charge in [-0.2, -0.15) is 0 Å². The fraction of sp³-hybridized carbons (Fsp3) is 0.571. The van der Waals surface area contributed by atoms with Crippen LogP contribution in [-0.2, 0) is 14.3 Å². The number of rotatable bonds is 6. The third kappa shape index (κ3) is 5.53. The van der Waals surface area contributed by atoms with Crippen LogP contribution in [0.5, 0.6) is 0 Å². The van der Waals surface area contributed by atoms with E-state index in [1.54, 1.807) is 9.80 Å². The lowest BCUT2D eigenvalue weighted by Gasteiger charge is -2.32. The standard InChI is InChI=1S/C21H29FN2O4/c1-14(2)24(15(3)4)19(25)13-28-21(27)17-6-5-11-23(12-17)20(26)16-7-9-18(22)10-8-16/h7-10,14-15,17H,5-6,11-13H2,1-4H3. The summed E-state index contributed by atoms with van der Waals surface area (Å²) in [4.78, 5) is 40.6. The van der Waals surface area contributed by atoms with Gasteiger partial charge >= 0.3 is 5.97 Å². The van der Waals surface area contributed by atoms with E-state index >= 15 is 0 Å². The van der Waals surface area contributed by atoms with E-state index in [1.807, 2.05) is 27.7 Å². The Morgan fingerprint density at radius 3 is 2.32 bits per heavy atom. The zero-order chi connectivity index (χ0) is 20.8. The van der Waals surface area contributed by atoms with Gasteiger partial charge in [0.15, 0.2) is 6.61 Å². The number of carbonyl (C=O) groups is 3. The zero-order valence-corrected chi connectivity index (χ0v) is 17.0. The lowest BCUT2D eigenvalue weighted by atomic mass is 9.97. The minimum atomic E-state index is -0.461. The molecule has 1 aliphatic heterocycles. The number of piperidine rings is 1. The molecule has 6 nitrogen and oxygen atoms in total. The zero-order valence-electron chi connectivity index (χ0n) is 17.0. The molecule has 0 radical (unpaired) electrons. The fourth-order valence-corrected chi connectivity index (χ4v) is 3.63. The average Bonchev–Trinajstić information content (AvgIpc) is 2.65. The van der Waals surface area contributed by atoms with Crippen LogP contribution in [0.4, 0.5) is 4.39 Å². The van der Waals surface area contributed by atoms with Crippen molar-refractivity contribution in [3.63, 3.8) is 0 Å². The van der Waals surface area contributed by atoms with Gasteiger partial charge in [-0.25, -0.2) is 4.39 Å². The minimum absolute atomic E-state index is 0.0182. The molecule has 7 heteroatoms. The molecule has 2 amide bonds. The first kappa shape index (κ1) is 21.9. The normalized spacial score (nSPS) is 17.0. The van der Waals surface area contributed by atoms with E-state index in [2.05, 4.69) is 0 Å². The predicted octanol–water partition coefficient (Wildman–Crippen LogP) is 2.87. The van der Waals surface area contributed by atoms with Gasteiger partial charge in [0, 0.05) is 30.7 Å². The number of halogens is 1. The van der Waals surface area contributed by atoms with Gasteiger partial charge in [-0.05, 0) is 64.8 Å². The Morgan fingerprint density at radius 1 is 1.14 bits per heavy atom. The monoisotopic (exact) mass is 392 g/mol. The molecule has 0 saturated carbocycles. The first-order chi connectivity index (χ1) is 13.2. The van der Waals surface area contributed by atoms with Crippen LogP contribution < -0.4 is 0 Å². The molecule has 0 aliphatic carbocycles. The lowest BCUT2D eigenvalue weighted by molar-refractivity contribution is -0.158. The molecular weight excluding hydrogens is 363 g/mol. The van der Waals surface area contributed by atoms with Gasteiger partial charge in [-0.3, -0.25) is 14.4 Å². The maximum Gasteiger partial charge on any atom is 0.311 e. The number of benzene rings is 1. The number of hydrogen-bond donors (Lipinski definition) is 0. The van der Waals surface area contributed by atoms with E-state index < -0.39 is 17.7 Å². The topological polar surface area (TPSA) is 66.9 Å². The maximum absolute atomic E-state index is 13.0. The Bertz CT molecular complexity index is 695. The Labute approximate surface area is 165 Å². The van der Waals surface area contributed by atoms with Crippen molar-refractivity contribution in [2.75, 3.05) is 19.7 Å². The summed E-state index contributed by atoms with van der Waals surface area (Å²) < 4.78 is 18.3. The molecule has 1 fully saturated rings. The molecule has 1 heterocycles. The summed E-state index contributed by atoms with van der Waals surface area (Å²) >= 11 is 0. The largest absolute Gasteiger partial charge is 0.455 e.